The number of anilines is 2. The first kappa shape index (κ1) is 15.5. The third-order valence-corrected chi connectivity index (χ3v) is 3.65. The lowest BCUT2D eigenvalue weighted by Gasteiger charge is -2.13. The fourth-order valence-electron chi connectivity index (χ4n) is 2.49. The highest BCUT2D eigenvalue weighted by atomic mass is 16.2. The number of nitrogen functional groups attached to an aromatic ring is 1. The normalized spacial score (nSPS) is 14.6. The van der Waals surface area contributed by atoms with E-state index in [-0.39, 0.29) is 11.6 Å². The molecule has 0 spiro atoms. The molecule has 3 N–H and O–H groups in total. The largest absolute Gasteiger partial charge is 0.399 e. The van der Waals surface area contributed by atoms with Crippen molar-refractivity contribution in [3.8, 4) is 0 Å². The van der Waals surface area contributed by atoms with Crippen molar-refractivity contribution in [2.24, 2.45) is 5.10 Å². The summed E-state index contributed by atoms with van der Waals surface area (Å²) in [7, 11) is 0. The van der Waals surface area contributed by atoms with Crippen molar-refractivity contribution >= 4 is 28.9 Å². The van der Waals surface area contributed by atoms with Gasteiger partial charge < -0.3 is 10.6 Å². The number of carbonyl (C=O) groups excluding carboxylic acids is 2. The lowest BCUT2D eigenvalue weighted by molar-refractivity contribution is -0.112. The van der Waals surface area contributed by atoms with E-state index in [1.807, 2.05) is 18.2 Å². The topological polar surface area (TPSA) is 87.8 Å². The van der Waals surface area contributed by atoms with Gasteiger partial charge >= 0.3 is 0 Å². The molecule has 1 aliphatic heterocycles. The molecule has 0 unspecified atom stereocenters. The SMILES string of the molecule is C=CCN1C(=O)/C(=N\NC(=O)c2ccc(N)cc2)c2ccccc21. The summed E-state index contributed by atoms with van der Waals surface area (Å²) in [6.07, 6.45) is 1.64. The first-order chi connectivity index (χ1) is 11.6. The van der Waals surface area contributed by atoms with Gasteiger partial charge in [-0.1, -0.05) is 24.3 Å². The van der Waals surface area contributed by atoms with Crippen molar-refractivity contribution < 1.29 is 9.59 Å². The molecule has 0 fully saturated rings. The molecule has 1 heterocycles. The van der Waals surface area contributed by atoms with E-state index in [0.717, 1.165) is 5.69 Å². The summed E-state index contributed by atoms with van der Waals surface area (Å²) in [6.45, 7) is 4.04. The Morgan fingerprint density at radius 3 is 2.62 bits per heavy atom. The molecule has 0 aromatic heterocycles. The van der Waals surface area contributed by atoms with Crippen LogP contribution in [0.5, 0.6) is 0 Å². The van der Waals surface area contributed by atoms with Gasteiger partial charge in [0.25, 0.3) is 11.8 Å². The van der Waals surface area contributed by atoms with Gasteiger partial charge in [-0.05, 0) is 30.3 Å². The summed E-state index contributed by atoms with van der Waals surface area (Å²) in [5.41, 5.74) is 10.6. The Morgan fingerprint density at radius 2 is 1.92 bits per heavy atom. The van der Waals surface area contributed by atoms with Crippen LogP contribution in [-0.2, 0) is 4.79 Å². The van der Waals surface area contributed by atoms with E-state index in [0.29, 0.717) is 23.4 Å². The molecule has 24 heavy (non-hydrogen) atoms. The monoisotopic (exact) mass is 320 g/mol. The number of amides is 2. The molecule has 0 saturated carbocycles. The summed E-state index contributed by atoms with van der Waals surface area (Å²) in [5.74, 6) is -0.677. The molecule has 6 nitrogen and oxygen atoms in total. The van der Waals surface area contributed by atoms with Crippen LogP contribution in [0.15, 0.2) is 66.3 Å². The summed E-state index contributed by atoms with van der Waals surface area (Å²) < 4.78 is 0. The molecule has 2 aromatic carbocycles. The van der Waals surface area contributed by atoms with Crippen LogP contribution in [0.2, 0.25) is 0 Å². The molecule has 1 aliphatic rings. The number of hydrogen-bond donors (Lipinski definition) is 2. The van der Waals surface area contributed by atoms with Crippen LogP contribution in [0.25, 0.3) is 0 Å². The molecule has 0 bridgehead atoms. The predicted molar refractivity (Wildman–Crippen MR) is 93.8 cm³/mol. The third kappa shape index (κ3) is 2.77. The number of fused-ring (bicyclic) bond motifs is 1. The smallest absolute Gasteiger partial charge is 0.279 e. The van der Waals surface area contributed by atoms with E-state index in [1.54, 1.807) is 41.3 Å². The van der Waals surface area contributed by atoms with E-state index < -0.39 is 5.91 Å². The van der Waals surface area contributed by atoms with Gasteiger partial charge in [0.15, 0.2) is 5.71 Å². The molecule has 0 atom stereocenters. The van der Waals surface area contributed by atoms with Gasteiger partial charge in [-0.25, -0.2) is 5.43 Å². The van der Waals surface area contributed by atoms with Crippen molar-refractivity contribution in [3.63, 3.8) is 0 Å². The van der Waals surface area contributed by atoms with Gasteiger partial charge in [0.2, 0.25) is 0 Å². The number of hydrazone groups is 1. The molecule has 0 aliphatic carbocycles. The number of hydrogen-bond acceptors (Lipinski definition) is 4. The number of nitrogens with two attached hydrogens (primary N) is 1. The van der Waals surface area contributed by atoms with Crippen LogP contribution in [-0.4, -0.2) is 24.1 Å². The average molecular weight is 320 g/mol. The van der Waals surface area contributed by atoms with Crippen molar-refractivity contribution in [1.82, 2.24) is 5.43 Å². The molecule has 0 radical (unpaired) electrons. The predicted octanol–water partition coefficient (Wildman–Crippen LogP) is 1.94. The van der Waals surface area contributed by atoms with Crippen LogP contribution >= 0.6 is 0 Å². The Balaban J connectivity index is 1.87. The molecule has 0 saturated heterocycles. The second-order valence-electron chi connectivity index (χ2n) is 5.24. The average Bonchev–Trinajstić information content (AvgIpc) is 2.86. The zero-order chi connectivity index (χ0) is 17.1. The molecule has 3 rings (SSSR count). The first-order valence-electron chi connectivity index (χ1n) is 7.37. The molecule has 120 valence electrons. The molecular formula is C18H16N4O2. The Kier molecular flexibility index (Phi) is 4.11. The molecule has 2 aromatic rings. The summed E-state index contributed by atoms with van der Waals surface area (Å²) in [4.78, 5) is 26.2. The van der Waals surface area contributed by atoms with Crippen molar-refractivity contribution in [2.45, 2.75) is 0 Å². The minimum Gasteiger partial charge on any atom is -0.399 e. The van der Waals surface area contributed by atoms with E-state index in [2.05, 4.69) is 17.1 Å². The highest BCUT2D eigenvalue weighted by Crippen LogP contribution is 2.28. The number of rotatable bonds is 4. The van der Waals surface area contributed by atoms with Crippen LogP contribution in [0, 0.1) is 0 Å². The van der Waals surface area contributed by atoms with Crippen molar-refractivity contribution in [2.75, 3.05) is 17.2 Å². The number of nitrogens with one attached hydrogen (secondary N) is 1. The Bertz CT molecular complexity index is 840. The number of para-hydroxylation sites is 1. The summed E-state index contributed by atoms with van der Waals surface area (Å²) >= 11 is 0. The van der Waals surface area contributed by atoms with Crippen LogP contribution in [0.1, 0.15) is 15.9 Å². The Labute approximate surface area is 139 Å². The van der Waals surface area contributed by atoms with Gasteiger partial charge in [0.05, 0.1) is 5.69 Å². The minimum atomic E-state index is -0.407. The Morgan fingerprint density at radius 1 is 1.21 bits per heavy atom. The maximum absolute atomic E-state index is 12.5. The van der Waals surface area contributed by atoms with Gasteiger partial charge in [-0.15, -0.1) is 6.58 Å². The molecule has 2 amide bonds. The van der Waals surface area contributed by atoms with E-state index in [9.17, 15) is 9.59 Å². The van der Waals surface area contributed by atoms with E-state index in [4.69, 9.17) is 5.73 Å². The van der Waals surface area contributed by atoms with Gasteiger partial charge in [-0.3, -0.25) is 9.59 Å². The molecule has 6 heteroatoms. The van der Waals surface area contributed by atoms with Crippen LogP contribution in [0.4, 0.5) is 11.4 Å². The zero-order valence-electron chi connectivity index (χ0n) is 12.9. The number of benzene rings is 2. The zero-order valence-corrected chi connectivity index (χ0v) is 12.9. The fourth-order valence-corrected chi connectivity index (χ4v) is 2.49. The maximum Gasteiger partial charge on any atom is 0.279 e. The second-order valence-corrected chi connectivity index (χ2v) is 5.24. The summed E-state index contributed by atoms with van der Waals surface area (Å²) in [6, 6.07) is 13.7. The van der Waals surface area contributed by atoms with Crippen LogP contribution in [0.3, 0.4) is 0 Å². The molecular weight excluding hydrogens is 304 g/mol. The number of carbonyl (C=O) groups is 2. The highest BCUT2D eigenvalue weighted by Gasteiger charge is 2.33. The highest BCUT2D eigenvalue weighted by molar-refractivity contribution is 6.54. The summed E-state index contributed by atoms with van der Waals surface area (Å²) in [5, 5.41) is 4.04. The van der Waals surface area contributed by atoms with Gasteiger partial charge in [0, 0.05) is 23.4 Å². The first-order valence-corrected chi connectivity index (χ1v) is 7.37. The maximum atomic E-state index is 12.5. The lowest BCUT2D eigenvalue weighted by Crippen LogP contribution is -2.31. The fraction of sp³-hybridized carbons (Fsp3) is 0.0556. The van der Waals surface area contributed by atoms with Gasteiger partial charge in [-0.2, -0.15) is 5.10 Å². The van der Waals surface area contributed by atoms with Crippen LogP contribution < -0.4 is 16.1 Å². The number of nitrogens with zero attached hydrogens (tertiary/aromatic N) is 2. The van der Waals surface area contributed by atoms with E-state index in [1.165, 1.54) is 0 Å². The van der Waals surface area contributed by atoms with Gasteiger partial charge in [0.1, 0.15) is 0 Å². The van der Waals surface area contributed by atoms with Crippen molar-refractivity contribution in [1.29, 1.82) is 0 Å². The van der Waals surface area contributed by atoms with E-state index >= 15 is 0 Å². The quantitative estimate of drug-likeness (QED) is 0.512. The third-order valence-electron chi connectivity index (χ3n) is 3.65. The Hall–Kier alpha value is -3.41. The second kappa shape index (κ2) is 6.37. The standard InChI is InChI=1S/C18H16N4O2/c1-2-11-22-15-6-4-3-5-14(15)16(18(22)24)20-21-17(23)12-7-9-13(19)10-8-12/h2-10H,1,11,19H2,(H,21,23)/b20-16-. The lowest BCUT2D eigenvalue weighted by atomic mass is 10.1. The van der Waals surface area contributed by atoms with Crippen molar-refractivity contribution in [3.05, 3.63) is 72.3 Å². The minimum absolute atomic E-state index is 0.205.